The van der Waals surface area contributed by atoms with Gasteiger partial charge in [0.1, 0.15) is 0 Å². The van der Waals surface area contributed by atoms with Crippen molar-refractivity contribution in [3.05, 3.63) is 35.4 Å². The molecule has 1 aliphatic heterocycles. The summed E-state index contributed by atoms with van der Waals surface area (Å²) in [5.41, 5.74) is 2.02. The van der Waals surface area contributed by atoms with Gasteiger partial charge in [-0.25, -0.2) is 0 Å². The molecule has 0 spiro atoms. The third kappa shape index (κ3) is 2.31. The maximum Gasteiger partial charge on any atom is 0.183 e. The smallest absolute Gasteiger partial charge is 0.183 e. The summed E-state index contributed by atoms with van der Waals surface area (Å²) in [5.74, 6) is 0.382. The van der Waals surface area contributed by atoms with Crippen LogP contribution in [0, 0.1) is 0 Å². The van der Waals surface area contributed by atoms with Crippen molar-refractivity contribution in [2.45, 2.75) is 57.4 Å². The zero-order chi connectivity index (χ0) is 14.0. The van der Waals surface area contributed by atoms with Crippen LogP contribution in [0.25, 0.3) is 0 Å². The van der Waals surface area contributed by atoms with Crippen molar-refractivity contribution in [1.82, 2.24) is 4.90 Å². The van der Waals surface area contributed by atoms with Gasteiger partial charge in [0.2, 0.25) is 0 Å². The molecule has 0 aromatic heterocycles. The number of Topliss-reactive ketones (excluding diaryl/α,β-unsaturated/α-hetero) is 1. The van der Waals surface area contributed by atoms with Crippen molar-refractivity contribution < 1.29 is 4.79 Å². The van der Waals surface area contributed by atoms with Crippen molar-refractivity contribution in [1.29, 1.82) is 0 Å². The fourth-order valence-corrected chi connectivity index (χ4v) is 3.99. The third-order valence-electron chi connectivity index (χ3n) is 5.16. The van der Waals surface area contributed by atoms with E-state index in [9.17, 15) is 4.79 Å². The van der Waals surface area contributed by atoms with Crippen LogP contribution in [-0.4, -0.2) is 29.3 Å². The Labute approximate surface area is 122 Å². The standard InChI is InChI=1S/C18H25NO/c1-2-15-8-7-9-16(14-15)17(20)18(10-3-4-11-18)19-12-5-6-13-19/h7-9,14H,2-6,10-13H2,1H3. The van der Waals surface area contributed by atoms with E-state index in [1.54, 1.807) is 0 Å². The minimum Gasteiger partial charge on any atom is -0.292 e. The largest absolute Gasteiger partial charge is 0.292 e. The Morgan fingerprint density at radius 3 is 2.50 bits per heavy atom. The molecule has 1 aliphatic carbocycles. The summed E-state index contributed by atoms with van der Waals surface area (Å²) in [4.78, 5) is 15.7. The summed E-state index contributed by atoms with van der Waals surface area (Å²) in [6.45, 7) is 4.37. The van der Waals surface area contributed by atoms with E-state index < -0.39 is 0 Å². The monoisotopic (exact) mass is 271 g/mol. The number of hydrogen-bond acceptors (Lipinski definition) is 2. The molecule has 2 fully saturated rings. The first kappa shape index (κ1) is 13.8. The molecule has 1 aromatic carbocycles. The number of carbonyl (C=O) groups excluding carboxylic acids is 1. The van der Waals surface area contributed by atoms with Crippen molar-refractivity contribution in [2.24, 2.45) is 0 Å². The fraction of sp³-hybridized carbons (Fsp3) is 0.611. The van der Waals surface area contributed by atoms with Gasteiger partial charge in [-0.1, -0.05) is 38.0 Å². The Hall–Kier alpha value is -1.15. The summed E-state index contributed by atoms with van der Waals surface area (Å²) >= 11 is 0. The molecule has 1 saturated heterocycles. The van der Waals surface area contributed by atoms with Crippen LogP contribution in [0.1, 0.15) is 61.4 Å². The molecule has 2 aliphatic rings. The molecule has 20 heavy (non-hydrogen) atoms. The minimum absolute atomic E-state index is 0.178. The summed E-state index contributed by atoms with van der Waals surface area (Å²) in [7, 11) is 0. The minimum atomic E-state index is -0.178. The highest BCUT2D eigenvalue weighted by molar-refractivity contribution is 6.03. The molecular formula is C18H25NO. The molecule has 0 amide bonds. The molecule has 0 atom stereocenters. The average Bonchev–Trinajstić information content (AvgIpc) is 3.18. The van der Waals surface area contributed by atoms with E-state index in [0.717, 1.165) is 37.9 Å². The van der Waals surface area contributed by atoms with Gasteiger partial charge >= 0.3 is 0 Å². The maximum absolute atomic E-state index is 13.2. The normalized spacial score (nSPS) is 22.2. The van der Waals surface area contributed by atoms with Crippen LogP contribution in [0.15, 0.2) is 24.3 Å². The van der Waals surface area contributed by atoms with Crippen LogP contribution in [-0.2, 0) is 6.42 Å². The Kier molecular flexibility index (Phi) is 3.93. The average molecular weight is 271 g/mol. The molecule has 0 bridgehead atoms. The van der Waals surface area contributed by atoms with Crippen LogP contribution in [0.5, 0.6) is 0 Å². The van der Waals surface area contributed by atoms with Crippen molar-refractivity contribution in [3.8, 4) is 0 Å². The van der Waals surface area contributed by atoms with E-state index in [-0.39, 0.29) is 5.54 Å². The lowest BCUT2D eigenvalue weighted by atomic mass is 9.85. The van der Waals surface area contributed by atoms with Gasteiger partial charge in [-0.3, -0.25) is 9.69 Å². The zero-order valence-corrected chi connectivity index (χ0v) is 12.5. The molecule has 0 radical (unpaired) electrons. The number of carbonyl (C=O) groups is 1. The van der Waals surface area contributed by atoms with Gasteiger partial charge in [-0.2, -0.15) is 0 Å². The van der Waals surface area contributed by atoms with Crippen molar-refractivity contribution in [3.63, 3.8) is 0 Å². The molecule has 0 N–H and O–H groups in total. The second-order valence-electron chi connectivity index (χ2n) is 6.32. The summed E-state index contributed by atoms with van der Waals surface area (Å²) < 4.78 is 0. The molecule has 2 heteroatoms. The lowest BCUT2D eigenvalue weighted by molar-refractivity contribution is 0.0626. The van der Waals surface area contributed by atoms with Crippen molar-refractivity contribution >= 4 is 5.78 Å². The number of benzene rings is 1. The molecule has 1 saturated carbocycles. The highest BCUT2D eigenvalue weighted by atomic mass is 16.1. The van der Waals surface area contributed by atoms with Gasteiger partial charge in [0.05, 0.1) is 5.54 Å². The van der Waals surface area contributed by atoms with E-state index in [0.29, 0.717) is 5.78 Å². The van der Waals surface area contributed by atoms with Crippen molar-refractivity contribution in [2.75, 3.05) is 13.1 Å². The van der Waals surface area contributed by atoms with Gasteiger partial charge in [0.25, 0.3) is 0 Å². The Morgan fingerprint density at radius 2 is 1.85 bits per heavy atom. The van der Waals surface area contributed by atoms with Gasteiger partial charge in [-0.15, -0.1) is 0 Å². The summed E-state index contributed by atoms with van der Waals surface area (Å²) in [6, 6.07) is 8.28. The molecule has 2 nitrogen and oxygen atoms in total. The Bertz CT molecular complexity index is 482. The predicted octanol–water partition coefficient (Wildman–Crippen LogP) is 3.84. The topological polar surface area (TPSA) is 20.3 Å². The quantitative estimate of drug-likeness (QED) is 0.775. The number of likely N-dealkylation sites (tertiary alicyclic amines) is 1. The maximum atomic E-state index is 13.2. The van der Waals surface area contributed by atoms with Crippen LogP contribution < -0.4 is 0 Å². The van der Waals surface area contributed by atoms with Crippen LogP contribution >= 0.6 is 0 Å². The number of ketones is 1. The first-order chi connectivity index (χ1) is 9.76. The number of aryl methyl sites for hydroxylation is 1. The fourth-order valence-electron chi connectivity index (χ4n) is 3.99. The Morgan fingerprint density at radius 1 is 1.15 bits per heavy atom. The molecule has 108 valence electrons. The van der Waals surface area contributed by atoms with Crippen LogP contribution in [0.4, 0.5) is 0 Å². The zero-order valence-electron chi connectivity index (χ0n) is 12.5. The van der Waals surface area contributed by atoms with Gasteiger partial charge in [0, 0.05) is 5.56 Å². The van der Waals surface area contributed by atoms with E-state index in [2.05, 4.69) is 24.0 Å². The summed E-state index contributed by atoms with van der Waals surface area (Å²) in [6.07, 6.45) is 8.03. The van der Waals surface area contributed by atoms with E-state index >= 15 is 0 Å². The van der Waals surface area contributed by atoms with Crippen LogP contribution in [0.2, 0.25) is 0 Å². The van der Waals surface area contributed by atoms with Gasteiger partial charge < -0.3 is 0 Å². The SMILES string of the molecule is CCc1cccc(C(=O)C2(N3CCCC3)CCCC2)c1. The number of rotatable bonds is 4. The highest BCUT2D eigenvalue weighted by Crippen LogP contribution is 2.40. The van der Waals surface area contributed by atoms with Gasteiger partial charge in [-0.05, 0) is 56.8 Å². The predicted molar refractivity (Wildman–Crippen MR) is 82.2 cm³/mol. The van der Waals surface area contributed by atoms with E-state index in [4.69, 9.17) is 0 Å². The second kappa shape index (κ2) is 5.69. The first-order valence-electron chi connectivity index (χ1n) is 8.15. The molecule has 0 unspecified atom stereocenters. The lowest BCUT2D eigenvalue weighted by Gasteiger charge is -2.37. The molecular weight excluding hydrogens is 246 g/mol. The van der Waals surface area contributed by atoms with E-state index in [1.165, 1.54) is 31.2 Å². The third-order valence-corrected chi connectivity index (χ3v) is 5.16. The second-order valence-corrected chi connectivity index (χ2v) is 6.32. The lowest BCUT2D eigenvalue weighted by Crippen LogP contribution is -2.51. The van der Waals surface area contributed by atoms with E-state index in [1.807, 2.05) is 12.1 Å². The molecule has 1 aromatic rings. The molecule has 1 heterocycles. The van der Waals surface area contributed by atoms with Crippen LogP contribution in [0.3, 0.4) is 0 Å². The molecule has 3 rings (SSSR count). The van der Waals surface area contributed by atoms with Gasteiger partial charge in [0.15, 0.2) is 5.78 Å². The number of hydrogen-bond donors (Lipinski definition) is 0. The number of nitrogens with zero attached hydrogens (tertiary/aromatic N) is 1. The highest BCUT2D eigenvalue weighted by Gasteiger charge is 2.46. The Balaban J connectivity index is 1.92. The first-order valence-corrected chi connectivity index (χ1v) is 8.15. The summed E-state index contributed by atoms with van der Waals surface area (Å²) in [5, 5.41) is 0.